The number of aromatic nitrogens is 1. The smallest absolute Gasteiger partial charge is 0.270 e. The van der Waals surface area contributed by atoms with Gasteiger partial charge in [0.2, 0.25) is 0 Å². The first kappa shape index (κ1) is 16.1. The SMILES string of the molecule is CCO[C@H]1C[C@H](N(C)C(=O)c2cc3ccc(C)cc3[nH]2)C1(C)C. The van der Waals surface area contributed by atoms with E-state index in [0.29, 0.717) is 5.69 Å². The molecule has 2 atom stereocenters. The fourth-order valence-electron chi connectivity index (χ4n) is 3.69. The number of nitrogens with one attached hydrogen (secondary N) is 1. The minimum atomic E-state index is -0.0109. The number of rotatable bonds is 4. The normalized spacial score (nSPS) is 22.8. The Morgan fingerprint density at radius 2 is 2.13 bits per heavy atom. The molecule has 124 valence electrons. The molecule has 0 radical (unpaired) electrons. The Labute approximate surface area is 137 Å². The molecular weight excluding hydrogens is 288 g/mol. The average Bonchev–Trinajstić information content (AvgIpc) is 2.92. The number of carbonyl (C=O) groups excluding carboxylic acids is 1. The van der Waals surface area contributed by atoms with Gasteiger partial charge < -0.3 is 14.6 Å². The molecule has 1 fully saturated rings. The molecule has 0 aliphatic heterocycles. The Morgan fingerprint density at radius 1 is 1.39 bits per heavy atom. The molecule has 1 heterocycles. The molecule has 1 aliphatic rings. The summed E-state index contributed by atoms with van der Waals surface area (Å²) in [5.41, 5.74) is 2.85. The number of nitrogens with zero attached hydrogens (tertiary/aromatic N) is 1. The number of benzene rings is 1. The van der Waals surface area contributed by atoms with Crippen molar-refractivity contribution in [3.63, 3.8) is 0 Å². The van der Waals surface area contributed by atoms with Gasteiger partial charge in [0, 0.05) is 36.0 Å². The van der Waals surface area contributed by atoms with Crippen LogP contribution in [0.2, 0.25) is 0 Å². The van der Waals surface area contributed by atoms with E-state index in [2.05, 4.69) is 44.0 Å². The molecule has 0 spiro atoms. The van der Waals surface area contributed by atoms with Crippen molar-refractivity contribution >= 4 is 16.8 Å². The van der Waals surface area contributed by atoms with Crippen LogP contribution in [0.4, 0.5) is 0 Å². The molecule has 0 unspecified atom stereocenters. The summed E-state index contributed by atoms with van der Waals surface area (Å²) >= 11 is 0. The van der Waals surface area contributed by atoms with Crippen LogP contribution in [0, 0.1) is 12.3 Å². The van der Waals surface area contributed by atoms with Crippen LogP contribution in [0.3, 0.4) is 0 Å². The lowest BCUT2D eigenvalue weighted by atomic mass is 9.63. The fraction of sp³-hybridized carbons (Fsp3) is 0.526. The number of hydrogen-bond acceptors (Lipinski definition) is 2. The minimum absolute atomic E-state index is 0.0109. The van der Waals surface area contributed by atoms with Gasteiger partial charge in [0.15, 0.2) is 0 Å². The summed E-state index contributed by atoms with van der Waals surface area (Å²) in [5.74, 6) is 0.0480. The molecule has 1 N–H and O–H groups in total. The highest BCUT2D eigenvalue weighted by Crippen LogP contribution is 2.45. The van der Waals surface area contributed by atoms with Crippen molar-refractivity contribution in [3.05, 3.63) is 35.5 Å². The zero-order chi connectivity index (χ0) is 16.8. The predicted molar refractivity (Wildman–Crippen MR) is 92.7 cm³/mol. The third-order valence-electron chi connectivity index (χ3n) is 5.29. The molecular formula is C19H26N2O2. The highest BCUT2D eigenvalue weighted by molar-refractivity contribution is 5.98. The lowest BCUT2D eigenvalue weighted by molar-refractivity contribution is -0.136. The Bertz CT molecular complexity index is 732. The first-order chi connectivity index (χ1) is 10.8. The number of aromatic amines is 1. The second kappa shape index (κ2) is 5.68. The van der Waals surface area contributed by atoms with E-state index in [-0.39, 0.29) is 23.5 Å². The van der Waals surface area contributed by atoms with Crippen molar-refractivity contribution in [1.29, 1.82) is 0 Å². The predicted octanol–water partition coefficient (Wildman–Crippen LogP) is 3.75. The van der Waals surface area contributed by atoms with Crippen molar-refractivity contribution in [2.75, 3.05) is 13.7 Å². The maximum atomic E-state index is 12.8. The van der Waals surface area contributed by atoms with Gasteiger partial charge in [0.25, 0.3) is 5.91 Å². The topological polar surface area (TPSA) is 45.3 Å². The van der Waals surface area contributed by atoms with E-state index in [1.165, 1.54) is 5.56 Å². The van der Waals surface area contributed by atoms with Gasteiger partial charge in [0.1, 0.15) is 5.69 Å². The van der Waals surface area contributed by atoms with Crippen molar-refractivity contribution in [1.82, 2.24) is 9.88 Å². The van der Waals surface area contributed by atoms with Gasteiger partial charge in [0.05, 0.1) is 6.10 Å². The quantitative estimate of drug-likeness (QED) is 0.934. The van der Waals surface area contributed by atoms with E-state index < -0.39 is 0 Å². The molecule has 0 saturated heterocycles. The number of aryl methyl sites for hydroxylation is 1. The molecule has 23 heavy (non-hydrogen) atoms. The molecule has 1 aliphatic carbocycles. The third-order valence-corrected chi connectivity index (χ3v) is 5.29. The number of ether oxygens (including phenoxy) is 1. The standard InChI is InChI=1S/C19H26N2O2/c1-6-23-17-11-16(19(17,3)4)21(5)18(22)15-10-13-8-7-12(2)9-14(13)20-15/h7-10,16-17,20H,6,11H2,1-5H3/t16-,17-/m0/s1. The zero-order valence-electron chi connectivity index (χ0n) is 14.6. The highest BCUT2D eigenvalue weighted by atomic mass is 16.5. The van der Waals surface area contributed by atoms with Crippen molar-refractivity contribution in [3.8, 4) is 0 Å². The van der Waals surface area contributed by atoms with Crippen LogP contribution < -0.4 is 0 Å². The summed E-state index contributed by atoms with van der Waals surface area (Å²) < 4.78 is 5.77. The minimum Gasteiger partial charge on any atom is -0.378 e. The van der Waals surface area contributed by atoms with Gasteiger partial charge in [-0.3, -0.25) is 4.79 Å². The van der Waals surface area contributed by atoms with E-state index >= 15 is 0 Å². The second-order valence-electron chi connectivity index (χ2n) is 7.21. The monoisotopic (exact) mass is 314 g/mol. The Hall–Kier alpha value is -1.81. The summed E-state index contributed by atoms with van der Waals surface area (Å²) in [7, 11) is 1.90. The zero-order valence-corrected chi connectivity index (χ0v) is 14.6. The maximum Gasteiger partial charge on any atom is 0.270 e. The van der Waals surface area contributed by atoms with Crippen molar-refractivity contribution in [2.24, 2.45) is 5.41 Å². The van der Waals surface area contributed by atoms with Crippen LogP contribution in [0.15, 0.2) is 24.3 Å². The van der Waals surface area contributed by atoms with Crippen LogP contribution in [0.25, 0.3) is 10.9 Å². The van der Waals surface area contributed by atoms with Gasteiger partial charge in [-0.25, -0.2) is 0 Å². The Balaban J connectivity index is 1.79. The number of amides is 1. The molecule has 1 aromatic heterocycles. The maximum absolute atomic E-state index is 12.8. The second-order valence-corrected chi connectivity index (χ2v) is 7.21. The van der Waals surface area contributed by atoms with Crippen LogP contribution in [-0.2, 0) is 4.74 Å². The number of carbonyl (C=O) groups is 1. The molecule has 0 bridgehead atoms. The first-order valence-electron chi connectivity index (χ1n) is 8.32. The first-order valence-corrected chi connectivity index (χ1v) is 8.32. The van der Waals surface area contributed by atoms with Gasteiger partial charge in [-0.05, 0) is 38.0 Å². The summed E-state index contributed by atoms with van der Waals surface area (Å²) in [6.07, 6.45) is 1.14. The van der Waals surface area contributed by atoms with Gasteiger partial charge in [-0.2, -0.15) is 0 Å². The lowest BCUT2D eigenvalue weighted by Gasteiger charge is -2.54. The highest BCUT2D eigenvalue weighted by Gasteiger charge is 2.51. The Morgan fingerprint density at radius 3 is 2.78 bits per heavy atom. The molecule has 1 saturated carbocycles. The molecule has 1 aromatic carbocycles. The third kappa shape index (κ3) is 2.65. The average molecular weight is 314 g/mol. The van der Waals surface area contributed by atoms with Crippen LogP contribution in [-0.4, -0.2) is 41.6 Å². The molecule has 4 nitrogen and oxygen atoms in total. The van der Waals surface area contributed by atoms with Gasteiger partial charge in [-0.1, -0.05) is 26.0 Å². The van der Waals surface area contributed by atoms with Crippen molar-refractivity contribution in [2.45, 2.75) is 46.3 Å². The van der Waals surface area contributed by atoms with E-state index in [0.717, 1.165) is 23.9 Å². The number of H-pyrrole nitrogens is 1. The number of hydrogen-bond donors (Lipinski definition) is 1. The Kier molecular flexibility index (Phi) is 3.96. The summed E-state index contributed by atoms with van der Waals surface area (Å²) in [6, 6.07) is 8.34. The van der Waals surface area contributed by atoms with Gasteiger partial charge >= 0.3 is 0 Å². The van der Waals surface area contributed by atoms with E-state index in [4.69, 9.17) is 4.74 Å². The van der Waals surface area contributed by atoms with Crippen LogP contribution in [0.1, 0.15) is 43.2 Å². The van der Waals surface area contributed by atoms with E-state index in [9.17, 15) is 4.79 Å². The fourth-order valence-corrected chi connectivity index (χ4v) is 3.69. The van der Waals surface area contributed by atoms with E-state index in [1.807, 2.05) is 24.9 Å². The van der Waals surface area contributed by atoms with Crippen LogP contribution in [0.5, 0.6) is 0 Å². The molecule has 3 rings (SSSR count). The molecule has 2 aromatic rings. The van der Waals surface area contributed by atoms with Crippen LogP contribution >= 0.6 is 0 Å². The largest absolute Gasteiger partial charge is 0.378 e. The van der Waals surface area contributed by atoms with Gasteiger partial charge in [-0.15, -0.1) is 0 Å². The summed E-state index contributed by atoms with van der Waals surface area (Å²) in [4.78, 5) is 18.0. The molecule has 1 amide bonds. The van der Waals surface area contributed by atoms with Crippen molar-refractivity contribution < 1.29 is 9.53 Å². The lowest BCUT2D eigenvalue weighted by Crippen LogP contribution is -2.62. The molecule has 4 heteroatoms. The van der Waals surface area contributed by atoms with E-state index in [1.54, 1.807) is 0 Å². The number of fused-ring (bicyclic) bond motifs is 1. The summed E-state index contributed by atoms with van der Waals surface area (Å²) in [5, 5.41) is 1.08. The summed E-state index contributed by atoms with van der Waals surface area (Å²) in [6.45, 7) is 9.16.